The summed E-state index contributed by atoms with van der Waals surface area (Å²) in [5, 5.41) is 3.27. The molecule has 0 bridgehead atoms. The van der Waals surface area contributed by atoms with Crippen LogP contribution in [0, 0.1) is 0 Å². The van der Waals surface area contributed by atoms with Crippen LogP contribution < -0.4 is 24.4 Å². The van der Waals surface area contributed by atoms with Gasteiger partial charge in [-0.2, -0.15) is 0 Å². The Morgan fingerprint density at radius 2 is 1.76 bits per heavy atom. The number of benzene rings is 2. The molecule has 7 heteroatoms. The first kappa shape index (κ1) is 23.2. The molecule has 2 aliphatic rings. The van der Waals surface area contributed by atoms with E-state index >= 15 is 0 Å². The number of methoxy groups -OCH3 is 3. The predicted molar refractivity (Wildman–Crippen MR) is 130 cm³/mol. The molecular weight excluding hydrogens is 418 g/mol. The van der Waals surface area contributed by atoms with Gasteiger partial charge >= 0.3 is 6.03 Å². The predicted octanol–water partition coefficient (Wildman–Crippen LogP) is 4.05. The minimum absolute atomic E-state index is 0.0669. The Morgan fingerprint density at radius 3 is 2.42 bits per heavy atom. The minimum atomic E-state index is -0.0792. The van der Waals surface area contributed by atoms with Gasteiger partial charge in [-0.1, -0.05) is 6.07 Å². The van der Waals surface area contributed by atoms with Gasteiger partial charge in [-0.05, 0) is 81.2 Å². The molecular formula is C26H35N3O4. The van der Waals surface area contributed by atoms with Crippen molar-refractivity contribution in [3.63, 3.8) is 0 Å². The summed E-state index contributed by atoms with van der Waals surface area (Å²) in [5.74, 6) is 2.30. The Bertz CT molecular complexity index is 980. The van der Waals surface area contributed by atoms with E-state index in [1.54, 1.807) is 33.3 Å². The zero-order valence-electron chi connectivity index (χ0n) is 20.3. The number of ether oxygens (including phenoxy) is 3. The van der Waals surface area contributed by atoms with Crippen LogP contribution in [0.25, 0.3) is 0 Å². The van der Waals surface area contributed by atoms with Crippen LogP contribution in [0.1, 0.15) is 31.2 Å². The number of rotatable bonds is 6. The van der Waals surface area contributed by atoms with Gasteiger partial charge in [0.2, 0.25) is 0 Å². The summed E-state index contributed by atoms with van der Waals surface area (Å²) in [5.41, 5.74) is 2.20. The Hall–Kier alpha value is -2.93. The van der Waals surface area contributed by atoms with Crippen LogP contribution in [-0.4, -0.2) is 65.0 Å². The highest BCUT2D eigenvalue weighted by molar-refractivity contribution is 5.91. The van der Waals surface area contributed by atoms with E-state index in [0.717, 1.165) is 55.2 Å². The first-order valence-electron chi connectivity index (χ1n) is 11.5. The third-order valence-electron chi connectivity index (χ3n) is 7.58. The molecule has 1 saturated heterocycles. The van der Waals surface area contributed by atoms with Gasteiger partial charge in [0, 0.05) is 30.2 Å². The average molecular weight is 454 g/mol. The summed E-state index contributed by atoms with van der Waals surface area (Å²) in [6, 6.07) is 14.3. The van der Waals surface area contributed by atoms with Gasteiger partial charge in [0.1, 0.15) is 5.75 Å². The highest BCUT2D eigenvalue weighted by atomic mass is 16.5. The summed E-state index contributed by atoms with van der Waals surface area (Å²) in [6.45, 7) is 1.05. The second-order valence-corrected chi connectivity index (χ2v) is 9.15. The van der Waals surface area contributed by atoms with Gasteiger partial charge in [0.25, 0.3) is 0 Å². The molecule has 2 aromatic rings. The number of anilines is 1. The fourth-order valence-electron chi connectivity index (χ4n) is 5.59. The van der Waals surface area contributed by atoms with E-state index in [-0.39, 0.29) is 17.5 Å². The molecule has 2 fully saturated rings. The largest absolute Gasteiger partial charge is 0.497 e. The molecule has 2 aromatic carbocycles. The van der Waals surface area contributed by atoms with E-state index in [1.165, 1.54) is 5.56 Å². The molecule has 0 radical (unpaired) electrons. The van der Waals surface area contributed by atoms with E-state index < -0.39 is 0 Å². The standard InChI is InChI=1S/C26H35N3O4/c1-28-15-14-26(18-6-11-22(32-4)23(16-18)33-5)13-12-19(17-24(26)28)27-25(30)29(2)20-7-9-21(31-3)10-8-20/h6-11,16,19,24H,12-15,17H2,1-5H3,(H,27,30). The van der Waals surface area contributed by atoms with Crippen molar-refractivity contribution in [3.8, 4) is 17.2 Å². The molecule has 0 aromatic heterocycles. The van der Waals surface area contributed by atoms with Crippen LogP contribution >= 0.6 is 0 Å². The van der Waals surface area contributed by atoms with E-state index in [0.29, 0.717) is 6.04 Å². The summed E-state index contributed by atoms with van der Waals surface area (Å²) < 4.78 is 16.2. The fourth-order valence-corrected chi connectivity index (χ4v) is 5.59. The van der Waals surface area contributed by atoms with Gasteiger partial charge in [0.15, 0.2) is 11.5 Å². The molecule has 3 atom stereocenters. The first-order chi connectivity index (χ1) is 15.9. The number of likely N-dealkylation sites (tertiary alicyclic amines) is 1. The van der Waals surface area contributed by atoms with Gasteiger partial charge in [0.05, 0.1) is 21.3 Å². The Morgan fingerprint density at radius 1 is 1.03 bits per heavy atom. The van der Waals surface area contributed by atoms with E-state index in [1.807, 2.05) is 30.3 Å². The van der Waals surface area contributed by atoms with Crippen LogP contribution in [0.15, 0.2) is 42.5 Å². The van der Waals surface area contributed by atoms with E-state index in [4.69, 9.17) is 14.2 Å². The topological polar surface area (TPSA) is 63.3 Å². The molecule has 33 heavy (non-hydrogen) atoms. The Balaban J connectivity index is 1.48. The number of hydrogen-bond acceptors (Lipinski definition) is 5. The summed E-state index contributed by atoms with van der Waals surface area (Å²) >= 11 is 0. The fraction of sp³-hybridized carbons (Fsp3) is 0.500. The molecule has 0 spiro atoms. The molecule has 178 valence electrons. The van der Waals surface area contributed by atoms with Crippen molar-refractivity contribution in [1.29, 1.82) is 0 Å². The average Bonchev–Trinajstić information content (AvgIpc) is 3.20. The normalized spacial score (nSPS) is 24.6. The van der Waals surface area contributed by atoms with Crippen molar-refractivity contribution in [2.75, 3.05) is 46.9 Å². The number of hydrogen-bond donors (Lipinski definition) is 1. The maximum absolute atomic E-state index is 13.0. The van der Waals surface area contributed by atoms with Crippen LogP contribution in [0.5, 0.6) is 17.2 Å². The van der Waals surface area contributed by atoms with Crippen molar-refractivity contribution in [2.45, 2.75) is 43.2 Å². The number of carbonyl (C=O) groups is 1. The molecule has 1 N–H and O–H groups in total. The second kappa shape index (κ2) is 9.51. The third kappa shape index (κ3) is 4.34. The van der Waals surface area contributed by atoms with Crippen LogP contribution in [-0.2, 0) is 5.41 Å². The van der Waals surface area contributed by atoms with Gasteiger partial charge in [-0.3, -0.25) is 4.90 Å². The maximum atomic E-state index is 13.0. The molecule has 1 saturated carbocycles. The van der Waals surface area contributed by atoms with Gasteiger partial charge < -0.3 is 24.4 Å². The lowest BCUT2D eigenvalue weighted by Crippen LogP contribution is -2.53. The summed E-state index contributed by atoms with van der Waals surface area (Å²) in [4.78, 5) is 17.1. The zero-order valence-corrected chi connectivity index (χ0v) is 20.3. The second-order valence-electron chi connectivity index (χ2n) is 9.15. The Kier molecular flexibility index (Phi) is 6.70. The first-order valence-corrected chi connectivity index (χ1v) is 11.5. The molecule has 7 nitrogen and oxygen atoms in total. The summed E-state index contributed by atoms with van der Waals surface area (Å²) in [7, 11) is 8.98. The number of likely N-dealkylation sites (N-methyl/N-ethyl adjacent to an activating group) is 1. The number of amides is 2. The highest BCUT2D eigenvalue weighted by Gasteiger charge is 2.50. The third-order valence-corrected chi connectivity index (χ3v) is 7.58. The van der Waals surface area contributed by atoms with Crippen molar-refractivity contribution < 1.29 is 19.0 Å². The van der Waals surface area contributed by atoms with E-state index in [2.05, 4.69) is 29.4 Å². The number of carbonyl (C=O) groups excluding carboxylic acids is 1. The van der Waals surface area contributed by atoms with Crippen LogP contribution in [0.4, 0.5) is 10.5 Å². The minimum Gasteiger partial charge on any atom is -0.497 e. The van der Waals surface area contributed by atoms with E-state index in [9.17, 15) is 4.79 Å². The van der Waals surface area contributed by atoms with Crippen molar-refractivity contribution in [1.82, 2.24) is 10.2 Å². The van der Waals surface area contributed by atoms with Crippen molar-refractivity contribution in [3.05, 3.63) is 48.0 Å². The lowest BCUT2D eigenvalue weighted by atomic mass is 9.65. The molecule has 1 aliphatic heterocycles. The lowest BCUT2D eigenvalue weighted by molar-refractivity contribution is 0.155. The number of nitrogens with one attached hydrogen (secondary N) is 1. The number of fused-ring (bicyclic) bond motifs is 1. The number of nitrogens with zero attached hydrogens (tertiary/aromatic N) is 2. The van der Waals surface area contributed by atoms with Crippen LogP contribution in [0.3, 0.4) is 0 Å². The van der Waals surface area contributed by atoms with Crippen molar-refractivity contribution in [2.24, 2.45) is 0 Å². The van der Waals surface area contributed by atoms with Crippen molar-refractivity contribution >= 4 is 11.7 Å². The highest BCUT2D eigenvalue weighted by Crippen LogP contribution is 2.49. The molecule has 1 heterocycles. The Labute approximate surface area is 196 Å². The monoisotopic (exact) mass is 453 g/mol. The smallest absolute Gasteiger partial charge is 0.321 e. The SMILES string of the molecule is COc1ccc(N(C)C(=O)NC2CCC3(c4ccc(OC)c(OC)c4)CCN(C)C3C2)cc1. The maximum Gasteiger partial charge on any atom is 0.321 e. The van der Waals surface area contributed by atoms with Gasteiger partial charge in [-0.15, -0.1) is 0 Å². The van der Waals surface area contributed by atoms with Gasteiger partial charge in [-0.25, -0.2) is 4.79 Å². The quantitative estimate of drug-likeness (QED) is 0.715. The zero-order chi connectivity index (χ0) is 23.6. The molecule has 4 rings (SSSR count). The lowest BCUT2D eigenvalue weighted by Gasteiger charge is -2.45. The molecule has 1 aliphatic carbocycles. The summed E-state index contributed by atoms with van der Waals surface area (Å²) in [6.07, 6.45) is 4.00. The molecule has 2 amide bonds. The molecule has 3 unspecified atom stereocenters. The van der Waals surface area contributed by atoms with Crippen LogP contribution in [0.2, 0.25) is 0 Å². The number of urea groups is 1.